The van der Waals surface area contributed by atoms with Gasteiger partial charge < -0.3 is 19.5 Å². The van der Waals surface area contributed by atoms with Gasteiger partial charge in [-0.05, 0) is 88.4 Å². The number of nitrogens with one attached hydrogen (secondary N) is 2. The normalized spacial score (nSPS) is 15.6. The quantitative estimate of drug-likeness (QED) is 0.155. The lowest BCUT2D eigenvalue weighted by Crippen LogP contribution is -2.29. The molecule has 0 aliphatic heterocycles. The third-order valence-electron chi connectivity index (χ3n) is 9.95. The Hall–Kier alpha value is -6.03. The number of tetrazole rings is 1. The Morgan fingerprint density at radius 2 is 1.54 bits per heavy atom. The molecule has 1 aliphatic rings. The van der Waals surface area contributed by atoms with E-state index in [1.165, 1.54) is 0 Å². The van der Waals surface area contributed by atoms with E-state index < -0.39 is 0 Å². The van der Waals surface area contributed by atoms with Gasteiger partial charge in [0.25, 0.3) is 5.91 Å². The van der Waals surface area contributed by atoms with Crippen LogP contribution in [0.3, 0.4) is 0 Å². The summed E-state index contributed by atoms with van der Waals surface area (Å²) in [5, 5.41) is 19.0. The van der Waals surface area contributed by atoms with Crippen LogP contribution in [-0.4, -0.2) is 52.8 Å². The fourth-order valence-corrected chi connectivity index (χ4v) is 7.16. The molecule has 264 valence electrons. The highest BCUT2D eigenvalue weighted by Crippen LogP contribution is 2.46. The predicted molar refractivity (Wildman–Crippen MR) is 203 cm³/mol. The second kappa shape index (κ2) is 14.3. The number of H-pyrrole nitrogens is 1. The maximum Gasteiger partial charge on any atom is 0.256 e. The number of carbonyl (C=O) groups excluding carboxylic acids is 1. The Kier molecular flexibility index (Phi) is 9.47. The Labute approximate surface area is 303 Å². The van der Waals surface area contributed by atoms with E-state index in [-0.39, 0.29) is 23.2 Å². The molecule has 1 aliphatic carbocycles. The van der Waals surface area contributed by atoms with Crippen LogP contribution in [0.15, 0.2) is 91.0 Å². The molecule has 0 bridgehead atoms. The summed E-state index contributed by atoms with van der Waals surface area (Å²) >= 11 is 0. The Balaban J connectivity index is 1.30. The van der Waals surface area contributed by atoms with E-state index in [1.54, 1.807) is 21.3 Å². The first-order valence-electron chi connectivity index (χ1n) is 17.3. The Morgan fingerprint density at radius 1 is 0.865 bits per heavy atom. The molecule has 2 unspecified atom stereocenters. The van der Waals surface area contributed by atoms with E-state index in [0.29, 0.717) is 40.7 Å². The Morgan fingerprint density at radius 3 is 2.17 bits per heavy atom. The molecule has 0 saturated heterocycles. The van der Waals surface area contributed by atoms with E-state index in [0.717, 1.165) is 50.8 Å². The van der Waals surface area contributed by atoms with Crippen LogP contribution >= 0.6 is 0 Å². The van der Waals surface area contributed by atoms with Crippen molar-refractivity contribution in [2.45, 2.75) is 39.5 Å². The van der Waals surface area contributed by atoms with Crippen molar-refractivity contribution >= 4 is 34.1 Å². The molecule has 0 radical (unpaired) electrons. The first-order valence-corrected chi connectivity index (χ1v) is 17.3. The number of carbonyl (C=O) groups is 1. The summed E-state index contributed by atoms with van der Waals surface area (Å²) in [5.41, 5.74) is 7.79. The van der Waals surface area contributed by atoms with Crippen molar-refractivity contribution in [3.05, 3.63) is 130 Å². The summed E-state index contributed by atoms with van der Waals surface area (Å²) in [6.45, 7) is 6.77. The predicted octanol–water partition coefficient (Wildman–Crippen LogP) is 8.36. The van der Waals surface area contributed by atoms with Crippen molar-refractivity contribution < 1.29 is 19.0 Å². The lowest BCUT2D eigenvalue weighted by atomic mass is 9.69. The van der Waals surface area contributed by atoms with Gasteiger partial charge in [-0.3, -0.25) is 4.79 Å². The van der Waals surface area contributed by atoms with E-state index in [2.05, 4.69) is 52.8 Å². The van der Waals surface area contributed by atoms with Crippen molar-refractivity contribution in [3.8, 4) is 17.2 Å². The number of rotatable bonds is 9. The molecule has 10 nitrogen and oxygen atoms in total. The zero-order chi connectivity index (χ0) is 36.4. The molecule has 7 rings (SSSR count). The van der Waals surface area contributed by atoms with Crippen LogP contribution < -0.4 is 19.5 Å². The minimum absolute atomic E-state index is 0.0325. The number of aromatic amines is 1. The average molecular weight is 695 g/mol. The number of anilines is 1. The highest BCUT2D eigenvalue weighted by molar-refractivity contribution is 6.14. The summed E-state index contributed by atoms with van der Waals surface area (Å²) in [6, 6.07) is 29.6. The van der Waals surface area contributed by atoms with Gasteiger partial charge in [-0.1, -0.05) is 86.6 Å². The smallest absolute Gasteiger partial charge is 0.256 e. The van der Waals surface area contributed by atoms with Crippen molar-refractivity contribution in [1.82, 2.24) is 25.6 Å². The molecule has 2 heterocycles. The van der Waals surface area contributed by atoms with Crippen LogP contribution in [0.1, 0.15) is 77.2 Å². The number of ether oxygens (including phenoxy) is 3. The summed E-state index contributed by atoms with van der Waals surface area (Å²) < 4.78 is 16.9. The van der Waals surface area contributed by atoms with E-state index in [9.17, 15) is 4.79 Å². The standard InChI is InChI=1S/C42H42N6O4/c1-42(2,3)29-23-28(20-25-21-34(50-4)39(52-6)35(22-25)51-5)38-32(24-29)37(31-14-10-11-15-33(31)44-38)41(49)43-30-18-16-27(17-19-30)36(40-45-47-48-46-40)26-12-8-7-9-13-26/h7-22,29,36H,23-24H2,1-6H3,(H,43,49)(H,45,46,47,48)/b28-20-. The van der Waals surface area contributed by atoms with Gasteiger partial charge in [-0.25, -0.2) is 4.98 Å². The largest absolute Gasteiger partial charge is 0.493 e. The first kappa shape index (κ1) is 34.4. The third-order valence-corrected chi connectivity index (χ3v) is 9.95. The van der Waals surface area contributed by atoms with Crippen LogP contribution in [0, 0.1) is 11.3 Å². The van der Waals surface area contributed by atoms with E-state index in [4.69, 9.17) is 19.2 Å². The molecule has 2 atom stereocenters. The molecule has 0 spiro atoms. The molecule has 52 heavy (non-hydrogen) atoms. The molecule has 10 heteroatoms. The Bertz CT molecular complexity index is 2220. The topological polar surface area (TPSA) is 124 Å². The van der Waals surface area contributed by atoms with Gasteiger partial charge in [0.05, 0.1) is 44.0 Å². The summed E-state index contributed by atoms with van der Waals surface area (Å²) in [5.74, 6) is 2.10. The monoisotopic (exact) mass is 694 g/mol. The highest BCUT2D eigenvalue weighted by atomic mass is 16.5. The molecular weight excluding hydrogens is 653 g/mol. The molecular formula is C42H42N6O4. The minimum Gasteiger partial charge on any atom is -0.493 e. The van der Waals surface area contributed by atoms with Gasteiger partial charge in [0.15, 0.2) is 17.3 Å². The van der Waals surface area contributed by atoms with E-state index >= 15 is 0 Å². The van der Waals surface area contributed by atoms with Crippen LogP contribution in [0.2, 0.25) is 0 Å². The molecule has 4 aromatic carbocycles. The molecule has 1 amide bonds. The number of amides is 1. The van der Waals surface area contributed by atoms with Crippen LogP contribution in [0.25, 0.3) is 22.6 Å². The maximum absolute atomic E-state index is 14.5. The van der Waals surface area contributed by atoms with Crippen molar-refractivity contribution in [3.63, 3.8) is 0 Å². The number of benzene rings is 4. The van der Waals surface area contributed by atoms with Crippen molar-refractivity contribution in [2.75, 3.05) is 26.6 Å². The van der Waals surface area contributed by atoms with Gasteiger partial charge >= 0.3 is 0 Å². The van der Waals surface area contributed by atoms with Gasteiger partial charge in [-0.15, -0.1) is 10.2 Å². The second-order valence-electron chi connectivity index (χ2n) is 14.1. The summed E-state index contributed by atoms with van der Waals surface area (Å²) in [6.07, 6.45) is 3.65. The average Bonchev–Trinajstić information content (AvgIpc) is 3.68. The fourth-order valence-electron chi connectivity index (χ4n) is 7.16. The van der Waals surface area contributed by atoms with Crippen LogP contribution in [0.5, 0.6) is 17.2 Å². The zero-order valence-corrected chi connectivity index (χ0v) is 30.2. The second-order valence-corrected chi connectivity index (χ2v) is 14.1. The maximum atomic E-state index is 14.5. The summed E-state index contributed by atoms with van der Waals surface area (Å²) in [7, 11) is 4.82. The van der Waals surface area contributed by atoms with Crippen molar-refractivity contribution in [2.24, 2.45) is 11.3 Å². The van der Waals surface area contributed by atoms with Crippen LogP contribution in [-0.2, 0) is 6.42 Å². The number of hydrogen-bond donors (Lipinski definition) is 2. The number of nitrogens with zero attached hydrogens (tertiary/aromatic N) is 4. The lowest BCUT2D eigenvalue weighted by molar-refractivity contribution is 0.102. The zero-order valence-electron chi connectivity index (χ0n) is 30.2. The van der Waals surface area contributed by atoms with Gasteiger partial charge in [0.2, 0.25) is 5.75 Å². The lowest BCUT2D eigenvalue weighted by Gasteiger charge is -2.37. The minimum atomic E-state index is -0.217. The highest BCUT2D eigenvalue weighted by Gasteiger charge is 2.35. The molecule has 2 N–H and O–H groups in total. The number of methoxy groups -OCH3 is 3. The van der Waals surface area contributed by atoms with Crippen molar-refractivity contribution in [1.29, 1.82) is 0 Å². The molecule has 2 aromatic heterocycles. The van der Waals surface area contributed by atoms with Gasteiger partial charge in [0, 0.05) is 11.1 Å². The number of para-hydroxylation sites is 1. The number of fused-ring (bicyclic) bond motifs is 2. The summed E-state index contributed by atoms with van der Waals surface area (Å²) in [4.78, 5) is 19.8. The first-order chi connectivity index (χ1) is 25.2. The van der Waals surface area contributed by atoms with Crippen LogP contribution in [0.4, 0.5) is 5.69 Å². The SMILES string of the molecule is COc1cc(/C=C2/CC(C(C)(C)C)Cc3c2nc2ccccc2c3C(=O)Nc2ccc(C(c3ccccc3)c3nn[nH]n3)cc2)cc(OC)c1OC. The third kappa shape index (κ3) is 6.71. The number of pyridine rings is 1. The van der Waals surface area contributed by atoms with Gasteiger partial charge in [0.1, 0.15) is 0 Å². The number of allylic oxidation sites excluding steroid dienone is 1. The van der Waals surface area contributed by atoms with Gasteiger partial charge in [-0.2, -0.15) is 5.21 Å². The fraction of sp³-hybridized carbons (Fsp3) is 0.262. The molecule has 0 fully saturated rings. The number of aromatic nitrogens is 5. The number of hydrogen-bond acceptors (Lipinski definition) is 8. The molecule has 6 aromatic rings. The molecule has 0 saturated carbocycles. The van der Waals surface area contributed by atoms with E-state index in [1.807, 2.05) is 91.0 Å².